The van der Waals surface area contributed by atoms with Crippen LogP contribution in [0.5, 0.6) is 0 Å². The largest absolute Gasteiger partial charge is 0.481 e. The van der Waals surface area contributed by atoms with E-state index in [2.05, 4.69) is 5.16 Å². The summed E-state index contributed by atoms with van der Waals surface area (Å²) in [5.41, 5.74) is 0.450. The van der Waals surface area contributed by atoms with Crippen LogP contribution in [0.4, 0.5) is 0 Å². The van der Waals surface area contributed by atoms with Crippen molar-refractivity contribution in [2.45, 2.75) is 45.4 Å². The molecule has 1 atom stereocenters. The summed E-state index contributed by atoms with van der Waals surface area (Å²) < 4.78 is 5.28. The Hall–Kier alpha value is -1.85. The second kappa shape index (κ2) is 5.16. The van der Waals surface area contributed by atoms with Crippen molar-refractivity contribution in [1.29, 1.82) is 0 Å². The van der Waals surface area contributed by atoms with Crippen LogP contribution < -0.4 is 0 Å². The van der Waals surface area contributed by atoms with Crippen LogP contribution in [0.2, 0.25) is 0 Å². The van der Waals surface area contributed by atoms with Crippen molar-refractivity contribution in [3.8, 4) is 0 Å². The molecule has 21 heavy (non-hydrogen) atoms. The molecule has 1 saturated heterocycles. The lowest BCUT2D eigenvalue weighted by Gasteiger charge is -2.37. The molecule has 0 spiro atoms. The standard InChI is InChI=1S/C15H20N2O4/c1-15(14(19)20)7-4-8-17(9-15)13(18)12-10-5-2-3-6-11(10)21-16-12/h2-9H2,1H3,(H,19,20). The Morgan fingerprint density at radius 3 is 2.81 bits per heavy atom. The fourth-order valence-electron chi connectivity index (χ4n) is 3.29. The first-order chi connectivity index (χ1) is 10.0. The van der Waals surface area contributed by atoms with Gasteiger partial charge in [0.05, 0.1) is 5.41 Å². The van der Waals surface area contributed by atoms with E-state index < -0.39 is 11.4 Å². The van der Waals surface area contributed by atoms with Gasteiger partial charge in [-0.1, -0.05) is 5.16 Å². The minimum Gasteiger partial charge on any atom is -0.481 e. The van der Waals surface area contributed by atoms with Gasteiger partial charge in [-0.2, -0.15) is 0 Å². The molecule has 2 aliphatic rings. The fourth-order valence-corrected chi connectivity index (χ4v) is 3.29. The highest BCUT2D eigenvalue weighted by molar-refractivity contribution is 5.94. The number of hydrogen-bond acceptors (Lipinski definition) is 4. The van der Waals surface area contributed by atoms with E-state index in [9.17, 15) is 14.7 Å². The zero-order valence-corrected chi connectivity index (χ0v) is 12.2. The first-order valence-corrected chi connectivity index (χ1v) is 7.51. The van der Waals surface area contributed by atoms with Gasteiger partial charge in [-0.15, -0.1) is 0 Å². The lowest BCUT2D eigenvalue weighted by atomic mass is 9.82. The third-order valence-corrected chi connectivity index (χ3v) is 4.65. The van der Waals surface area contributed by atoms with Crippen molar-refractivity contribution >= 4 is 11.9 Å². The molecule has 1 aliphatic heterocycles. The van der Waals surface area contributed by atoms with Crippen LogP contribution >= 0.6 is 0 Å². The molecule has 1 amide bonds. The molecule has 1 aromatic rings. The molecule has 1 N–H and O–H groups in total. The summed E-state index contributed by atoms with van der Waals surface area (Å²) in [7, 11) is 0. The lowest BCUT2D eigenvalue weighted by Crippen LogP contribution is -2.48. The summed E-state index contributed by atoms with van der Waals surface area (Å²) in [6.07, 6.45) is 5.07. The van der Waals surface area contributed by atoms with E-state index in [1.165, 1.54) is 0 Å². The first kappa shape index (κ1) is 14.1. The van der Waals surface area contributed by atoms with Gasteiger partial charge in [0, 0.05) is 25.1 Å². The van der Waals surface area contributed by atoms with Gasteiger partial charge in [-0.05, 0) is 39.0 Å². The molecule has 1 unspecified atom stereocenters. The number of amides is 1. The number of aliphatic carboxylic acids is 1. The zero-order chi connectivity index (χ0) is 15.0. The summed E-state index contributed by atoms with van der Waals surface area (Å²) in [4.78, 5) is 25.7. The van der Waals surface area contributed by atoms with Crippen LogP contribution in [0.15, 0.2) is 4.52 Å². The Kier molecular flexibility index (Phi) is 3.47. The number of likely N-dealkylation sites (tertiary alicyclic amines) is 1. The van der Waals surface area contributed by atoms with E-state index in [1.807, 2.05) is 0 Å². The summed E-state index contributed by atoms with van der Waals surface area (Å²) in [5, 5.41) is 13.3. The molecule has 0 radical (unpaired) electrons. The van der Waals surface area contributed by atoms with Gasteiger partial charge in [0.15, 0.2) is 5.69 Å². The topological polar surface area (TPSA) is 83.6 Å². The number of carbonyl (C=O) groups is 2. The molecule has 2 heterocycles. The summed E-state index contributed by atoms with van der Waals surface area (Å²) in [6.45, 7) is 2.53. The van der Waals surface area contributed by atoms with Crippen LogP contribution in [0, 0.1) is 5.41 Å². The number of piperidine rings is 1. The molecule has 0 aromatic carbocycles. The maximum atomic E-state index is 12.7. The van der Waals surface area contributed by atoms with Crippen LogP contribution in [-0.4, -0.2) is 40.1 Å². The average Bonchev–Trinajstić information content (AvgIpc) is 2.90. The first-order valence-electron chi connectivity index (χ1n) is 7.51. The van der Waals surface area contributed by atoms with E-state index in [-0.39, 0.29) is 12.5 Å². The molecule has 1 aliphatic carbocycles. The Morgan fingerprint density at radius 2 is 2.05 bits per heavy atom. The third kappa shape index (κ3) is 2.43. The minimum absolute atomic E-state index is 0.186. The number of aryl methyl sites for hydroxylation is 1. The van der Waals surface area contributed by atoms with Crippen LogP contribution in [0.3, 0.4) is 0 Å². The van der Waals surface area contributed by atoms with E-state index >= 15 is 0 Å². The lowest BCUT2D eigenvalue weighted by molar-refractivity contribution is -0.150. The summed E-state index contributed by atoms with van der Waals surface area (Å²) in [5.74, 6) is -0.209. The quantitative estimate of drug-likeness (QED) is 0.899. The van der Waals surface area contributed by atoms with Crippen molar-refractivity contribution in [3.63, 3.8) is 0 Å². The predicted octanol–water partition coefficient (Wildman–Crippen LogP) is 1.88. The van der Waals surface area contributed by atoms with Crippen molar-refractivity contribution in [3.05, 3.63) is 17.0 Å². The molecule has 3 rings (SSSR count). The van der Waals surface area contributed by atoms with Gasteiger partial charge in [0.25, 0.3) is 5.91 Å². The van der Waals surface area contributed by atoms with Crippen LogP contribution in [-0.2, 0) is 17.6 Å². The molecule has 0 saturated carbocycles. The monoisotopic (exact) mass is 292 g/mol. The third-order valence-electron chi connectivity index (χ3n) is 4.65. The van der Waals surface area contributed by atoms with Gasteiger partial charge in [-0.25, -0.2) is 0 Å². The zero-order valence-electron chi connectivity index (χ0n) is 12.2. The number of carboxylic acid groups (broad SMARTS) is 1. The molecule has 6 heteroatoms. The van der Waals surface area contributed by atoms with Crippen LogP contribution in [0.1, 0.15) is 54.4 Å². The molecule has 1 fully saturated rings. The number of fused-ring (bicyclic) bond motifs is 1. The van der Waals surface area contributed by atoms with E-state index in [0.717, 1.165) is 37.0 Å². The van der Waals surface area contributed by atoms with E-state index in [4.69, 9.17) is 4.52 Å². The Balaban J connectivity index is 1.82. The number of nitrogens with zero attached hydrogens (tertiary/aromatic N) is 2. The second-order valence-corrected chi connectivity index (χ2v) is 6.34. The van der Waals surface area contributed by atoms with Crippen molar-refractivity contribution < 1.29 is 19.2 Å². The van der Waals surface area contributed by atoms with E-state index in [0.29, 0.717) is 25.1 Å². The second-order valence-electron chi connectivity index (χ2n) is 6.34. The Morgan fingerprint density at radius 1 is 1.29 bits per heavy atom. The van der Waals surface area contributed by atoms with Gasteiger partial charge >= 0.3 is 5.97 Å². The highest BCUT2D eigenvalue weighted by Gasteiger charge is 2.40. The number of carboxylic acids is 1. The SMILES string of the molecule is CC1(C(=O)O)CCCN(C(=O)c2noc3c2CCCC3)C1. The number of carbonyl (C=O) groups excluding carboxylic acids is 1. The highest BCUT2D eigenvalue weighted by Crippen LogP contribution is 2.32. The van der Waals surface area contributed by atoms with Gasteiger partial charge in [-0.3, -0.25) is 9.59 Å². The maximum Gasteiger partial charge on any atom is 0.311 e. The van der Waals surface area contributed by atoms with Gasteiger partial charge in [0.1, 0.15) is 5.76 Å². The van der Waals surface area contributed by atoms with Crippen molar-refractivity contribution in [2.24, 2.45) is 5.41 Å². The van der Waals surface area contributed by atoms with Gasteiger partial charge in [0.2, 0.25) is 0 Å². The smallest absolute Gasteiger partial charge is 0.311 e. The normalized spacial score (nSPS) is 25.5. The molecule has 1 aromatic heterocycles. The van der Waals surface area contributed by atoms with Gasteiger partial charge < -0.3 is 14.5 Å². The fraction of sp³-hybridized carbons (Fsp3) is 0.667. The molecular formula is C15H20N2O4. The number of hydrogen-bond donors (Lipinski definition) is 1. The van der Waals surface area contributed by atoms with E-state index in [1.54, 1.807) is 11.8 Å². The average molecular weight is 292 g/mol. The predicted molar refractivity (Wildman–Crippen MR) is 74.0 cm³/mol. The summed E-state index contributed by atoms with van der Waals surface area (Å²) in [6, 6.07) is 0. The Bertz CT molecular complexity index is 580. The molecular weight excluding hydrogens is 272 g/mol. The minimum atomic E-state index is -0.863. The summed E-state index contributed by atoms with van der Waals surface area (Å²) >= 11 is 0. The Labute approximate surface area is 123 Å². The number of rotatable bonds is 2. The number of aromatic nitrogens is 1. The molecule has 6 nitrogen and oxygen atoms in total. The highest BCUT2D eigenvalue weighted by atomic mass is 16.5. The van der Waals surface area contributed by atoms with Crippen molar-refractivity contribution in [1.82, 2.24) is 10.1 Å². The molecule has 114 valence electrons. The van der Waals surface area contributed by atoms with Crippen molar-refractivity contribution in [2.75, 3.05) is 13.1 Å². The maximum absolute atomic E-state index is 12.7. The van der Waals surface area contributed by atoms with Crippen LogP contribution in [0.25, 0.3) is 0 Å². The molecule has 0 bridgehead atoms.